The fraction of sp³-hybridized carbons (Fsp3) is 0.100. The van der Waals surface area contributed by atoms with E-state index in [1.54, 1.807) is 48.5 Å². The van der Waals surface area contributed by atoms with Gasteiger partial charge in [-0.25, -0.2) is 22.8 Å². The lowest BCUT2D eigenvalue weighted by Gasteiger charge is -2.15. The number of hydrogen-bond acceptors (Lipinski definition) is 8. The molecule has 5 rings (SSSR count). The largest absolute Gasteiger partial charge is 0.497 e. The Morgan fingerprint density at radius 1 is 0.786 bits per heavy atom. The van der Waals surface area contributed by atoms with Crippen molar-refractivity contribution in [3.05, 3.63) is 102 Å². The fourth-order valence-corrected chi connectivity index (χ4v) is 5.18. The number of carbonyl (C=O) groups is 1. The molecular weight excluding hydrogens is 561 g/mol. The predicted molar refractivity (Wildman–Crippen MR) is 158 cm³/mol. The Labute approximate surface area is 241 Å². The highest BCUT2D eigenvalue weighted by molar-refractivity contribution is 7.92. The molecule has 12 heteroatoms. The van der Waals surface area contributed by atoms with Crippen LogP contribution in [0.15, 0.2) is 95.9 Å². The average molecular weight is 588 g/mol. The van der Waals surface area contributed by atoms with Crippen molar-refractivity contribution >= 4 is 50.0 Å². The number of sulfonamides is 1. The number of hydrogen-bond donors (Lipinski definition) is 3. The van der Waals surface area contributed by atoms with Gasteiger partial charge in [0.05, 0.1) is 36.6 Å². The maximum Gasteiger partial charge on any atom is 0.263 e. The van der Waals surface area contributed by atoms with Crippen LogP contribution in [0.25, 0.3) is 11.0 Å². The molecule has 0 radical (unpaired) electrons. The molecule has 42 heavy (non-hydrogen) atoms. The third-order valence-electron chi connectivity index (χ3n) is 6.15. The summed E-state index contributed by atoms with van der Waals surface area (Å²) in [5.41, 5.74) is 1.99. The maximum atomic E-state index is 14.0. The molecule has 0 saturated heterocycles. The van der Waals surface area contributed by atoms with Gasteiger partial charge in [0.2, 0.25) is 5.91 Å². The number of carbonyl (C=O) groups excluding carboxylic acids is 1. The van der Waals surface area contributed by atoms with Crippen LogP contribution in [0.1, 0.15) is 5.56 Å². The first-order chi connectivity index (χ1) is 20.2. The second kappa shape index (κ2) is 12.1. The SMILES string of the molecule is COc1cc(Nc2nc3ccccc3nc2NS(=O)(=O)c2cccc(NC(=O)Cc3ccccc3F)c2)cc(OC)c1. The van der Waals surface area contributed by atoms with Crippen molar-refractivity contribution in [1.29, 1.82) is 0 Å². The minimum atomic E-state index is -4.20. The Hall–Kier alpha value is -5.23. The van der Waals surface area contributed by atoms with Crippen molar-refractivity contribution < 1.29 is 27.1 Å². The lowest BCUT2D eigenvalue weighted by atomic mass is 10.1. The minimum Gasteiger partial charge on any atom is -0.497 e. The molecule has 214 valence electrons. The maximum absolute atomic E-state index is 14.0. The Morgan fingerprint density at radius 3 is 2.10 bits per heavy atom. The van der Waals surface area contributed by atoms with Crippen LogP contribution in [0, 0.1) is 5.82 Å². The van der Waals surface area contributed by atoms with Crippen molar-refractivity contribution in [2.75, 3.05) is 29.6 Å². The van der Waals surface area contributed by atoms with Crippen molar-refractivity contribution in [3.63, 3.8) is 0 Å². The topological polar surface area (TPSA) is 132 Å². The quantitative estimate of drug-likeness (QED) is 0.195. The molecule has 5 aromatic rings. The van der Waals surface area contributed by atoms with Crippen LogP contribution < -0.4 is 24.8 Å². The van der Waals surface area contributed by atoms with Gasteiger partial charge in [-0.2, -0.15) is 0 Å². The zero-order valence-electron chi connectivity index (χ0n) is 22.6. The Balaban J connectivity index is 1.43. The molecule has 0 bridgehead atoms. The van der Waals surface area contributed by atoms with E-state index in [1.807, 2.05) is 0 Å². The van der Waals surface area contributed by atoms with Crippen LogP contribution in [-0.4, -0.2) is 38.5 Å². The Morgan fingerprint density at radius 2 is 1.43 bits per heavy atom. The summed E-state index contributed by atoms with van der Waals surface area (Å²) < 4.78 is 54.2. The molecule has 10 nitrogen and oxygen atoms in total. The summed E-state index contributed by atoms with van der Waals surface area (Å²) in [5.74, 6) is 0.124. The number of rotatable bonds is 10. The normalized spacial score (nSPS) is 11.1. The molecular formula is C30H26FN5O5S. The van der Waals surface area contributed by atoms with Crippen LogP contribution >= 0.6 is 0 Å². The lowest BCUT2D eigenvalue weighted by molar-refractivity contribution is -0.115. The highest BCUT2D eigenvalue weighted by Crippen LogP contribution is 2.31. The molecule has 0 spiro atoms. The summed E-state index contributed by atoms with van der Waals surface area (Å²) in [6, 6.07) is 23.8. The molecule has 0 aliphatic heterocycles. The van der Waals surface area contributed by atoms with Gasteiger partial charge in [0.1, 0.15) is 17.3 Å². The van der Waals surface area contributed by atoms with E-state index in [9.17, 15) is 17.6 Å². The van der Waals surface area contributed by atoms with E-state index in [1.165, 1.54) is 56.7 Å². The van der Waals surface area contributed by atoms with Gasteiger partial charge in [-0.05, 0) is 42.0 Å². The second-order valence-electron chi connectivity index (χ2n) is 9.09. The van der Waals surface area contributed by atoms with E-state index >= 15 is 0 Å². The molecule has 4 aromatic carbocycles. The van der Waals surface area contributed by atoms with Gasteiger partial charge in [0, 0.05) is 29.6 Å². The summed E-state index contributed by atoms with van der Waals surface area (Å²) in [4.78, 5) is 21.5. The average Bonchev–Trinajstić information content (AvgIpc) is 2.98. The van der Waals surface area contributed by atoms with E-state index in [-0.39, 0.29) is 34.2 Å². The summed E-state index contributed by atoms with van der Waals surface area (Å²) in [6.45, 7) is 0. The molecule has 0 aliphatic carbocycles. The van der Waals surface area contributed by atoms with Gasteiger partial charge < -0.3 is 20.1 Å². The van der Waals surface area contributed by atoms with E-state index in [0.29, 0.717) is 28.2 Å². The number of ether oxygens (including phenoxy) is 2. The number of nitrogens with one attached hydrogen (secondary N) is 3. The van der Waals surface area contributed by atoms with E-state index in [4.69, 9.17) is 9.47 Å². The molecule has 0 fully saturated rings. The zero-order chi connectivity index (χ0) is 29.7. The van der Waals surface area contributed by atoms with Gasteiger partial charge in [-0.3, -0.25) is 9.52 Å². The van der Waals surface area contributed by atoms with Gasteiger partial charge >= 0.3 is 0 Å². The third-order valence-corrected chi connectivity index (χ3v) is 7.49. The number of amides is 1. The molecule has 1 heterocycles. The van der Waals surface area contributed by atoms with Gasteiger partial charge in [0.25, 0.3) is 10.0 Å². The van der Waals surface area contributed by atoms with Crippen molar-refractivity contribution in [1.82, 2.24) is 9.97 Å². The second-order valence-corrected chi connectivity index (χ2v) is 10.8. The highest BCUT2D eigenvalue weighted by atomic mass is 32.2. The van der Waals surface area contributed by atoms with Gasteiger partial charge in [-0.1, -0.05) is 36.4 Å². The number of nitrogens with zero attached hydrogens (tertiary/aromatic N) is 2. The molecule has 0 atom stereocenters. The number of benzene rings is 4. The molecule has 1 amide bonds. The summed E-state index contributed by atoms with van der Waals surface area (Å²) in [5, 5.41) is 5.73. The lowest BCUT2D eigenvalue weighted by Crippen LogP contribution is -2.18. The van der Waals surface area contributed by atoms with E-state index in [0.717, 1.165) is 0 Å². The minimum absolute atomic E-state index is 0.0514. The van der Waals surface area contributed by atoms with Crippen LogP contribution in [0.4, 0.5) is 27.4 Å². The number of para-hydroxylation sites is 2. The van der Waals surface area contributed by atoms with Crippen molar-refractivity contribution in [3.8, 4) is 11.5 Å². The monoisotopic (exact) mass is 587 g/mol. The van der Waals surface area contributed by atoms with Crippen LogP contribution in [0.3, 0.4) is 0 Å². The Kier molecular flexibility index (Phi) is 8.16. The predicted octanol–water partition coefficient (Wildman–Crippen LogP) is 5.51. The summed E-state index contributed by atoms with van der Waals surface area (Å²) in [7, 11) is -1.16. The van der Waals surface area contributed by atoms with Gasteiger partial charge in [-0.15, -0.1) is 0 Å². The molecule has 0 aliphatic rings. The van der Waals surface area contributed by atoms with E-state index < -0.39 is 21.7 Å². The van der Waals surface area contributed by atoms with Crippen LogP contribution in [0.5, 0.6) is 11.5 Å². The number of anilines is 4. The van der Waals surface area contributed by atoms with Crippen molar-refractivity contribution in [2.45, 2.75) is 11.3 Å². The smallest absolute Gasteiger partial charge is 0.263 e. The zero-order valence-corrected chi connectivity index (χ0v) is 23.4. The van der Waals surface area contributed by atoms with Crippen molar-refractivity contribution in [2.24, 2.45) is 0 Å². The summed E-state index contributed by atoms with van der Waals surface area (Å²) >= 11 is 0. The van der Waals surface area contributed by atoms with Crippen LogP contribution in [0.2, 0.25) is 0 Å². The van der Waals surface area contributed by atoms with Gasteiger partial charge in [0.15, 0.2) is 11.6 Å². The first-order valence-corrected chi connectivity index (χ1v) is 14.2. The standard InChI is InChI=1S/C30H26FN5O5S/c1-40-22-15-21(16-23(18-22)41-2)33-29-30(35-27-13-6-5-12-26(27)34-29)36-42(38,39)24-10-7-9-20(17-24)32-28(37)14-19-8-3-4-11-25(19)31/h3-13,15-18H,14H2,1-2H3,(H,32,37)(H,33,34)(H,35,36). The fourth-order valence-electron chi connectivity index (χ4n) is 4.12. The molecule has 1 aromatic heterocycles. The van der Waals surface area contributed by atoms with E-state index in [2.05, 4.69) is 25.3 Å². The summed E-state index contributed by atoms with van der Waals surface area (Å²) in [6.07, 6.45) is -0.210. The number of fused-ring (bicyclic) bond motifs is 1. The molecule has 0 unspecified atom stereocenters. The number of halogens is 1. The number of aromatic nitrogens is 2. The Bertz CT molecular complexity index is 1860. The highest BCUT2D eigenvalue weighted by Gasteiger charge is 2.20. The number of methoxy groups -OCH3 is 2. The van der Waals surface area contributed by atoms with Crippen LogP contribution in [-0.2, 0) is 21.2 Å². The first-order valence-electron chi connectivity index (χ1n) is 12.7. The molecule has 3 N–H and O–H groups in total. The molecule has 0 saturated carbocycles. The first kappa shape index (κ1) is 28.3. The third kappa shape index (κ3) is 6.56.